The minimum Gasteiger partial charge on any atom is -0.309 e. The van der Waals surface area contributed by atoms with Crippen LogP contribution < -0.4 is 5.32 Å². The molecule has 0 saturated carbocycles. The van der Waals surface area contributed by atoms with E-state index in [2.05, 4.69) is 15.3 Å². The molecule has 2 heterocycles. The Labute approximate surface area is 78.0 Å². The van der Waals surface area contributed by atoms with E-state index in [4.69, 9.17) is 0 Å². The topological polar surface area (TPSA) is 37.8 Å². The number of halogens is 1. The minimum absolute atomic E-state index is 0. The fourth-order valence-corrected chi connectivity index (χ4v) is 1.43. The van der Waals surface area contributed by atoms with Crippen molar-refractivity contribution in [2.45, 2.75) is 18.9 Å². The molecule has 1 aromatic rings. The van der Waals surface area contributed by atoms with E-state index in [0.717, 1.165) is 12.2 Å². The van der Waals surface area contributed by atoms with E-state index in [9.17, 15) is 0 Å². The molecule has 0 aromatic carbocycles. The van der Waals surface area contributed by atoms with Crippen molar-refractivity contribution < 1.29 is 0 Å². The van der Waals surface area contributed by atoms with E-state index in [-0.39, 0.29) is 12.4 Å². The molecule has 0 unspecified atom stereocenters. The zero-order valence-electron chi connectivity index (χ0n) is 6.73. The largest absolute Gasteiger partial charge is 0.309 e. The van der Waals surface area contributed by atoms with E-state index in [1.54, 1.807) is 12.4 Å². The molecule has 0 bridgehead atoms. The molecular formula is C8H12ClN3. The average Bonchev–Trinajstić information content (AvgIpc) is 2.58. The number of nitrogens with one attached hydrogen (secondary N) is 1. The molecule has 12 heavy (non-hydrogen) atoms. The Morgan fingerprint density at radius 1 is 1.42 bits per heavy atom. The molecule has 4 heteroatoms. The van der Waals surface area contributed by atoms with Crippen LogP contribution >= 0.6 is 12.4 Å². The number of hydrogen-bond acceptors (Lipinski definition) is 3. The molecule has 0 amide bonds. The normalized spacial score (nSPS) is 21.8. The first-order valence-corrected chi connectivity index (χ1v) is 3.96. The predicted molar refractivity (Wildman–Crippen MR) is 49.3 cm³/mol. The number of rotatable bonds is 1. The second-order valence-corrected chi connectivity index (χ2v) is 2.78. The van der Waals surface area contributed by atoms with Crippen LogP contribution in [0.25, 0.3) is 0 Å². The highest BCUT2D eigenvalue weighted by atomic mass is 35.5. The molecule has 2 rings (SSSR count). The molecule has 0 spiro atoms. The molecule has 66 valence electrons. The molecule has 1 fully saturated rings. The predicted octanol–water partition coefficient (Wildman–Crippen LogP) is 1.32. The highest BCUT2D eigenvalue weighted by molar-refractivity contribution is 5.85. The lowest BCUT2D eigenvalue weighted by Crippen LogP contribution is -2.14. The van der Waals surface area contributed by atoms with Crippen molar-refractivity contribution in [1.29, 1.82) is 0 Å². The van der Waals surface area contributed by atoms with Gasteiger partial charge >= 0.3 is 0 Å². The summed E-state index contributed by atoms with van der Waals surface area (Å²) in [4.78, 5) is 8.26. The highest BCUT2D eigenvalue weighted by Gasteiger charge is 2.16. The number of aromatic nitrogens is 2. The third kappa shape index (κ3) is 1.93. The summed E-state index contributed by atoms with van der Waals surface area (Å²) in [6.07, 6.45) is 7.73. The summed E-state index contributed by atoms with van der Waals surface area (Å²) < 4.78 is 0. The SMILES string of the molecule is Cl.c1cnc([C@H]2CCCN2)cn1. The fraction of sp³-hybridized carbons (Fsp3) is 0.500. The van der Waals surface area contributed by atoms with Gasteiger partial charge in [0.15, 0.2) is 0 Å². The van der Waals surface area contributed by atoms with Gasteiger partial charge in [0.05, 0.1) is 11.7 Å². The Hall–Kier alpha value is -0.670. The van der Waals surface area contributed by atoms with E-state index in [0.29, 0.717) is 6.04 Å². The van der Waals surface area contributed by atoms with Crippen molar-refractivity contribution in [3.63, 3.8) is 0 Å². The van der Waals surface area contributed by atoms with Gasteiger partial charge in [-0.15, -0.1) is 12.4 Å². The molecule has 1 atom stereocenters. The second kappa shape index (κ2) is 4.38. The van der Waals surface area contributed by atoms with Gasteiger partial charge in [-0.05, 0) is 19.4 Å². The van der Waals surface area contributed by atoms with Crippen LogP contribution in [0.2, 0.25) is 0 Å². The Morgan fingerprint density at radius 3 is 2.92 bits per heavy atom. The van der Waals surface area contributed by atoms with E-state index >= 15 is 0 Å². The van der Waals surface area contributed by atoms with Gasteiger partial charge in [0.25, 0.3) is 0 Å². The Kier molecular flexibility index (Phi) is 3.44. The van der Waals surface area contributed by atoms with Crippen LogP contribution in [0.5, 0.6) is 0 Å². The molecule has 0 aliphatic carbocycles. The van der Waals surface area contributed by atoms with Gasteiger partial charge in [0.2, 0.25) is 0 Å². The maximum absolute atomic E-state index is 4.24. The maximum Gasteiger partial charge on any atom is 0.0756 e. The first kappa shape index (κ1) is 9.42. The summed E-state index contributed by atoms with van der Waals surface area (Å²) in [5, 5.41) is 3.37. The van der Waals surface area contributed by atoms with Crippen LogP contribution in [0.4, 0.5) is 0 Å². The molecule has 1 aliphatic rings. The first-order valence-electron chi connectivity index (χ1n) is 3.96. The minimum atomic E-state index is 0. The zero-order chi connectivity index (χ0) is 7.52. The quantitative estimate of drug-likeness (QED) is 0.717. The first-order chi connectivity index (χ1) is 5.47. The van der Waals surface area contributed by atoms with Crippen molar-refractivity contribution in [3.8, 4) is 0 Å². The van der Waals surface area contributed by atoms with Crippen molar-refractivity contribution in [1.82, 2.24) is 15.3 Å². The zero-order valence-corrected chi connectivity index (χ0v) is 7.55. The molecular weight excluding hydrogens is 174 g/mol. The Bertz CT molecular complexity index is 221. The standard InChI is InChI=1S/C8H11N3.ClH/c1-2-7(10-3-1)8-6-9-4-5-11-8;/h4-7,10H,1-3H2;1H/t7-;/m1./s1. The van der Waals surface area contributed by atoms with Gasteiger partial charge < -0.3 is 5.32 Å². The van der Waals surface area contributed by atoms with Gasteiger partial charge in [-0.1, -0.05) is 0 Å². The molecule has 1 aliphatic heterocycles. The van der Waals surface area contributed by atoms with Crippen LogP contribution in [-0.2, 0) is 0 Å². The summed E-state index contributed by atoms with van der Waals surface area (Å²) in [6, 6.07) is 0.448. The van der Waals surface area contributed by atoms with Gasteiger partial charge in [-0.25, -0.2) is 0 Å². The summed E-state index contributed by atoms with van der Waals surface area (Å²) >= 11 is 0. The molecule has 1 N–H and O–H groups in total. The van der Waals surface area contributed by atoms with Crippen molar-refractivity contribution >= 4 is 12.4 Å². The lowest BCUT2D eigenvalue weighted by molar-refractivity contribution is 0.624. The van der Waals surface area contributed by atoms with Crippen molar-refractivity contribution in [2.75, 3.05) is 6.54 Å². The third-order valence-corrected chi connectivity index (χ3v) is 2.00. The Morgan fingerprint density at radius 2 is 2.33 bits per heavy atom. The van der Waals surface area contributed by atoms with Gasteiger partial charge in [-0.2, -0.15) is 0 Å². The van der Waals surface area contributed by atoms with E-state index < -0.39 is 0 Å². The molecule has 0 radical (unpaired) electrons. The maximum atomic E-state index is 4.24. The van der Waals surface area contributed by atoms with Crippen LogP contribution in [0.15, 0.2) is 18.6 Å². The molecule has 1 saturated heterocycles. The van der Waals surface area contributed by atoms with Crippen LogP contribution in [0.3, 0.4) is 0 Å². The third-order valence-electron chi connectivity index (χ3n) is 2.00. The van der Waals surface area contributed by atoms with Crippen LogP contribution in [0, 0.1) is 0 Å². The van der Waals surface area contributed by atoms with E-state index in [1.807, 2.05) is 6.20 Å². The lowest BCUT2D eigenvalue weighted by atomic mass is 10.2. The summed E-state index contributed by atoms with van der Waals surface area (Å²) in [5.74, 6) is 0. The summed E-state index contributed by atoms with van der Waals surface area (Å²) in [6.45, 7) is 1.11. The van der Waals surface area contributed by atoms with Gasteiger partial charge in [0.1, 0.15) is 0 Å². The monoisotopic (exact) mass is 185 g/mol. The fourth-order valence-electron chi connectivity index (χ4n) is 1.43. The average molecular weight is 186 g/mol. The highest BCUT2D eigenvalue weighted by Crippen LogP contribution is 2.19. The van der Waals surface area contributed by atoms with E-state index in [1.165, 1.54) is 12.8 Å². The van der Waals surface area contributed by atoms with Gasteiger partial charge in [0, 0.05) is 18.6 Å². The lowest BCUT2D eigenvalue weighted by Gasteiger charge is -2.06. The van der Waals surface area contributed by atoms with Crippen LogP contribution in [0.1, 0.15) is 24.6 Å². The number of hydrogen-bond donors (Lipinski definition) is 1. The Balaban J connectivity index is 0.000000720. The second-order valence-electron chi connectivity index (χ2n) is 2.78. The van der Waals surface area contributed by atoms with Crippen LogP contribution in [-0.4, -0.2) is 16.5 Å². The van der Waals surface area contributed by atoms with Gasteiger partial charge in [-0.3, -0.25) is 9.97 Å². The number of nitrogens with zero attached hydrogens (tertiary/aromatic N) is 2. The van der Waals surface area contributed by atoms with Crippen molar-refractivity contribution in [3.05, 3.63) is 24.3 Å². The summed E-state index contributed by atoms with van der Waals surface area (Å²) in [7, 11) is 0. The summed E-state index contributed by atoms with van der Waals surface area (Å²) in [5.41, 5.74) is 1.07. The van der Waals surface area contributed by atoms with Crippen molar-refractivity contribution in [2.24, 2.45) is 0 Å². The smallest absolute Gasteiger partial charge is 0.0756 e. The molecule has 1 aromatic heterocycles. The molecule has 3 nitrogen and oxygen atoms in total.